The molecule has 98 valence electrons. The summed E-state index contributed by atoms with van der Waals surface area (Å²) in [5, 5.41) is 11.1. The number of nitro groups is 1. The Bertz CT molecular complexity index is 429. The summed E-state index contributed by atoms with van der Waals surface area (Å²) in [6.07, 6.45) is 1.20. The van der Waals surface area contributed by atoms with E-state index < -0.39 is 10.4 Å². The monoisotopic (exact) mass is 308 g/mol. The first-order chi connectivity index (χ1) is 8.49. The van der Waals surface area contributed by atoms with Gasteiger partial charge < -0.3 is 4.74 Å². The number of pyridine rings is 1. The first-order valence-corrected chi connectivity index (χ1v) is 7.34. The van der Waals surface area contributed by atoms with Crippen molar-refractivity contribution in [1.82, 2.24) is 4.98 Å². The van der Waals surface area contributed by atoms with Crippen LogP contribution in [-0.2, 0) is 4.74 Å². The zero-order chi connectivity index (χ0) is 13.5. The smallest absolute Gasteiger partial charge is 0.403 e. The SMILES string of the molecule is C[C@H](COC(=O)Cl)SSc1ccc([N+](=O)[O-])cn1. The Morgan fingerprint density at radius 2 is 2.39 bits per heavy atom. The van der Waals surface area contributed by atoms with Crippen molar-refractivity contribution in [3.8, 4) is 0 Å². The summed E-state index contributed by atoms with van der Waals surface area (Å²) in [4.78, 5) is 24.2. The zero-order valence-corrected chi connectivity index (χ0v) is 11.6. The highest BCUT2D eigenvalue weighted by molar-refractivity contribution is 8.76. The van der Waals surface area contributed by atoms with Gasteiger partial charge in [0.15, 0.2) is 0 Å². The van der Waals surface area contributed by atoms with E-state index in [2.05, 4.69) is 9.72 Å². The molecule has 0 N–H and O–H groups in total. The van der Waals surface area contributed by atoms with Crippen LogP contribution in [0.15, 0.2) is 23.4 Å². The van der Waals surface area contributed by atoms with Crippen molar-refractivity contribution in [1.29, 1.82) is 0 Å². The average Bonchev–Trinajstić information content (AvgIpc) is 2.34. The third-order valence-electron chi connectivity index (χ3n) is 1.66. The lowest BCUT2D eigenvalue weighted by atomic mass is 10.4. The molecule has 18 heavy (non-hydrogen) atoms. The van der Waals surface area contributed by atoms with Crippen LogP contribution in [0, 0.1) is 10.1 Å². The molecule has 0 aliphatic carbocycles. The Kier molecular flexibility index (Phi) is 6.23. The second-order valence-electron chi connectivity index (χ2n) is 3.15. The second-order valence-corrected chi connectivity index (χ2v) is 6.12. The van der Waals surface area contributed by atoms with Crippen molar-refractivity contribution < 1.29 is 14.5 Å². The van der Waals surface area contributed by atoms with Gasteiger partial charge in [-0.2, -0.15) is 0 Å². The number of aromatic nitrogens is 1. The van der Waals surface area contributed by atoms with E-state index in [-0.39, 0.29) is 17.5 Å². The summed E-state index contributed by atoms with van der Waals surface area (Å²) in [6, 6.07) is 2.95. The highest BCUT2D eigenvalue weighted by atomic mass is 35.5. The number of hydrogen-bond donors (Lipinski definition) is 0. The van der Waals surface area contributed by atoms with Crippen molar-refractivity contribution in [3.05, 3.63) is 28.4 Å². The number of hydrogen-bond acceptors (Lipinski definition) is 7. The topological polar surface area (TPSA) is 82.3 Å². The van der Waals surface area contributed by atoms with E-state index in [4.69, 9.17) is 11.6 Å². The lowest BCUT2D eigenvalue weighted by Gasteiger charge is -2.08. The van der Waals surface area contributed by atoms with Crippen LogP contribution < -0.4 is 0 Å². The van der Waals surface area contributed by atoms with Crippen LogP contribution in [-0.4, -0.2) is 27.2 Å². The average molecular weight is 309 g/mol. The third kappa shape index (κ3) is 5.56. The molecule has 0 spiro atoms. The van der Waals surface area contributed by atoms with Crippen LogP contribution in [0.3, 0.4) is 0 Å². The Balaban J connectivity index is 2.39. The highest BCUT2D eigenvalue weighted by Gasteiger charge is 2.09. The predicted molar refractivity (Wildman–Crippen MR) is 71.0 cm³/mol. The summed E-state index contributed by atoms with van der Waals surface area (Å²) in [5.74, 6) is 0. The third-order valence-corrected chi connectivity index (χ3v) is 4.53. The predicted octanol–water partition coefficient (Wildman–Crippen LogP) is 3.49. The maximum absolute atomic E-state index is 10.4. The molecule has 0 aliphatic rings. The fourth-order valence-electron chi connectivity index (χ4n) is 0.872. The Hall–Kier alpha value is -0.990. The molecule has 1 rings (SSSR count). The Morgan fingerprint density at radius 3 is 2.89 bits per heavy atom. The fourth-order valence-corrected chi connectivity index (χ4v) is 2.79. The van der Waals surface area contributed by atoms with Gasteiger partial charge in [-0.25, -0.2) is 9.78 Å². The van der Waals surface area contributed by atoms with E-state index in [0.717, 1.165) is 0 Å². The van der Waals surface area contributed by atoms with Crippen LogP contribution in [0.5, 0.6) is 0 Å². The minimum atomic E-state index is -0.832. The molecule has 0 fully saturated rings. The van der Waals surface area contributed by atoms with Crippen molar-refractivity contribution in [2.24, 2.45) is 0 Å². The van der Waals surface area contributed by atoms with Crippen molar-refractivity contribution in [2.45, 2.75) is 17.2 Å². The lowest BCUT2D eigenvalue weighted by molar-refractivity contribution is -0.385. The first kappa shape index (κ1) is 15.1. The molecule has 0 bridgehead atoms. The van der Waals surface area contributed by atoms with Crippen molar-refractivity contribution >= 4 is 44.3 Å². The van der Waals surface area contributed by atoms with E-state index >= 15 is 0 Å². The molecule has 0 radical (unpaired) electrons. The minimum Gasteiger partial charge on any atom is -0.452 e. The largest absolute Gasteiger partial charge is 0.452 e. The van der Waals surface area contributed by atoms with Gasteiger partial charge in [-0.05, 0) is 23.8 Å². The summed E-state index contributed by atoms with van der Waals surface area (Å²) >= 11 is 5.03. The Morgan fingerprint density at radius 1 is 1.67 bits per heavy atom. The van der Waals surface area contributed by atoms with Crippen LogP contribution in [0.25, 0.3) is 0 Å². The van der Waals surface area contributed by atoms with Gasteiger partial charge in [-0.3, -0.25) is 10.1 Å². The molecule has 0 aromatic carbocycles. The summed E-state index contributed by atoms with van der Waals surface area (Å²) in [7, 11) is 2.78. The van der Waals surface area contributed by atoms with Crippen LogP contribution in [0.4, 0.5) is 10.5 Å². The summed E-state index contributed by atoms with van der Waals surface area (Å²) in [6.45, 7) is 2.07. The van der Waals surface area contributed by atoms with E-state index in [1.165, 1.54) is 33.9 Å². The van der Waals surface area contributed by atoms with Gasteiger partial charge in [0.05, 0.1) is 4.92 Å². The fraction of sp³-hybridized carbons (Fsp3) is 0.333. The molecule has 0 unspecified atom stereocenters. The highest BCUT2D eigenvalue weighted by Crippen LogP contribution is 2.33. The van der Waals surface area contributed by atoms with Gasteiger partial charge in [-0.1, -0.05) is 10.8 Å². The maximum Gasteiger partial charge on any atom is 0.403 e. The number of carbonyl (C=O) groups is 1. The zero-order valence-electron chi connectivity index (χ0n) is 9.24. The molecular weight excluding hydrogens is 300 g/mol. The number of rotatable bonds is 6. The molecule has 0 saturated carbocycles. The molecule has 0 amide bonds. The lowest BCUT2D eigenvalue weighted by Crippen LogP contribution is -2.07. The first-order valence-electron chi connectivity index (χ1n) is 4.75. The normalized spacial score (nSPS) is 11.9. The van der Waals surface area contributed by atoms with E-state index in [1.807, 2.05) is 6.92 Å². The molecule has 1 aromatic rings. The number of ether oxygens (including phenoxy) is 1. The van der Waals surface area contributed by atoms with Gasteiger partial charge in [0.25, 0.3) is 5.69 Å². The summed E-state index contributed by atoms with van der Waals surface area (Å²) < 4.78 is 4.63. The van der Waals surface area contributed by atoms with Crippen LogP contribution in [0.2, 0.25) is 0 Å². The van der Waals surface area contributed by atoms with E-state index in [0.29, 0.717) is 5.03 Å². The van der Waals surface area contributed by atoms with Crippen LogP contribution >= 0.6 is 33.2 Å². The van der Waals surface area contributed by atoms with Gasteiger partial charge in [0.2, 0.25) is 0 Å². The van der Waals surface area contributed by atoms with Crippen LogP contribution in [0.1, 0.15) is 6.92 Å². The molecule has 1 heterocycles. The number of nitrogens with zero attached hydrogens (tertiary/aromatic N) is 2. The number of halogens is 1. The molecule has 0 saturated heterocycles. The molecular formula is C9H9ClN2O4S2. The van der Waals surface area contributed by atoms with Gasteiger partial charge in [-0.15, -0.1) is 0 Å². The molecule has 1 aromatic heterocycles. The van der Waals surface area contributed by atoms with Gasteiger partial charge in [0.1, 0.15) is 17.8 Å². The van der Waals surface area contributed by atoms with Gasteiger partial charge in [0, 0.05) is 22.9 Å². The number of carbonyl (C=O) groups excluding carboxylic acids is 1. The van der Waals surface area contributed by atoms with E-state index in [9.17, 15) is 14.9 Å². The van der Waals surface area contributed by atoms with Crippen molar-refractivity contribution in [3.63, 3.8) is 0 Å². The molecule has 1 atom stereocenters. The molecule has 9 heteroatoms. The van der Waals surface area contributed by atoms with Gasteiger partial charge >= 0.3 is 5.43 Å². The molecule has 0 aliphatic heterocycles. The van der Waals surface area contributed by atoms with E-state index in [1.54, 1.807) is 6.07 Å². The minimum absolute atomic E-state index is 0.0368. The second kappa shape index (κ2) is 7.45. The standard InChI is InChI=1S/C9H9ClN2O4S2/c1-6(5-16-9(10)13)17-18-8-3-2-7(4-11-8)12(14)15/h2-4,6H,5H2,1H3/t6-/m1/s1. The summed E-state index contributed by atoms with van der Waals surface area (Å²) in [5.41, 5.74) is -0.880. The maximum atomic E-state index is 10.4. The van der Waals surface area contributed by atoms with Crippen molar-refractivity contribution in [2.75, 3.05) is 6.61 Å². The molecule has 6 nitrogen and oxygen atoms in total. The Labute approximate surface area is 116 Å². The quantitative estimate of drug-likeness (QED) is 0.344.